The zero-order valence-corrected chi connectivity index (χ0v) is 24.0. The third-order valence-electron chi connectivity index (χ3n) is 0. The van der Waals surface area contributed by atoms with Crippen LogP contribution in [0, 0.1) is 0 Å². The smallest absolute Gasteiger partial charge is 0.907 e. The normalized spacial score (nSPS) is 2.57. The third-order valence-corrected chi connectivity index (χ3v) is 0. The third kappa shape index (κ3) is 675. The molecule has 0 fully saturated rings. The minimum absolute atomic E-state index is 0. The van der Waals surface area contributed by atoms with Crippen LogP contribution in [0.1, 0.15) is 0 Å². The molecule has 0 rings (SSSR count). The Morgan fingerprint density at radius 2 is 0.286 bits per heavy atom. The van der Waals surface area contributed by atoms with E-state index in [0.717, 1.165) is 0 Å². The summed E-state index contributed by atoms with van der Waals surface area (Å²) < 4.78 is 0. The average molecular weight is 710 g/mol. The molecule has 0 aliphatic carbocycles. The second kappa shape index (κ2) is 125. The molecule has 16 nitrogen and oxygen atoms in total. The van der Waals surface area contributed by atoms with Crippen molar-refractivity contribution in [2.45, 2.75) is 0 Å². The maximum absolute atomic E-state index is 8.42. The Bertz CT molecular complexity index is 37.0. The van der Waals surface area contributed by atoms with Gasteiger partial charge in [-0.1, -0.05) is 0 Å². The van der Waals surface area contributed by atoms with E-state index >= 15 is 0 Å². The summed E-state index contributed by atoms with van der Waals surface area (Å²) in [5.74, 6) is 0. The van der Waals surface area contributed by atoms with Crippen LogP contribution >= 0.6 is 0 Å². The topological polar surface area (TPSA) is 453 Å². The van der Waals surface area contributed by atoms with Gasteiger partial charge >= 0.3 is 147 Å². The number of rotatable bonds is 0. The molecule has 0 atom stereocenters. The van der Waals surface area contributed by atoms with Crippen molar-refractivity contribution in [1.29, 1.82) is 0 Å². The quantitative estimate of drug-likeness (QED) is 0.220. The van der Waals surface area contributed by atoms with Gasteiger partial charge in [-0.25, -0.2) is 0 Å². The molecule has 0 spiro atoms. The minimum Gasteiger partial charge on any atom is -0.907 e. The molecule has 0 heterocycles. The SMILES string of the molecule is O.O.O.O.O.O.O.O.O.O.[Ba+2].[Ba+2].[Ba+2].[O-]B([O-])[O-].[O-]B([O-])[O-]. The standard InChI is InChI=1S/2BO3.3Ba.10H2O/c2*2-1(3)4;;;;;;;;;;;;;/h;;;;;10*1H2/q2*-3;3*+2;;;;;;;;;;. The summed E-state index contributed by atoms with van der Waals surface area (Å²) in [6, 6.07) is 0. The Morgan fingerprint density at radius 3 is 0.286 bits per heavy atom. The van der Waals surface area contributed by atoms with Gasteiger partial charge in [-0.2, -0.15) is 0 Å². The van der Waals surface area contributed by atoms with E-state index in [-0.39, 0.29) is 201 Å². The van der Waals surface area contributed by atoms with Crippen LogP contribution in [0.15, 0.2) is 0 Å². The van der Waals surface area contributed by atoms with Gasteiger partial charge < -0.3 is 84.9 Å². The van der Waals surface area contributed by atoms with Crippen LogP contribution in [0.3, 0.4) is 0 Å². The Labute approximate surface area is 241 Å². The zero-order valence-electron chi connectivity index (χ0n) is 10.7. The summed E-state index contributed by atoms with van der Waals surface area (Å²) in [5.41, 5.74) is 0. The Hall–Kier alpha value is 4.20. The fourth-order valence-corrected chi connectivity index (χ4v) is 0. The molecule has 20 N–H and O–H groups in total. The van der Waals surface area contributed by atoms with E-state index in [2.05, 4.69) is 0 Å². The molecule has 0 amide bonds. The van der Waals surface area contributed by atoms with E-state index in [1.807, 2.05) is 0 Å². The van der Waals surface area contributed by atoms with Gasteiger partial charge in [-0.3, -0.25) is 14.6 Å². The van der Waals surface area contributed by atoms with Gasteiger partial charge in [-0.05, 0) is 0 Å². The molecule has 0 aromatic carbocycles. The predicted octanol–water partition coefficient (Wildman–Crippen LogP) is -17.3. The molecule has 0 aromatic heterocycles. The van der Waals surface area contributed by atoms with E-state index in [1.165, 1.54) is 0 Å². The molecule has 21 heavy (non-hydrogen) atoms. The first-order valence-electron chi connectivity index (χ1n) is 1.41. The van der Waals surface area contributed by atoms with E-state index in [1.54, 1.807) is 0 Å². The summed E-state index contributed by atoms with van der Waals surface area (Å²) in [6.07, 6.45) is 0. The molecule has 0 unspecified atom stereocenters. The van der Waals surface area contributed by atoms with Crippen LogP contribution in [0.4, 0.5) is 0 Å². The van der Waals surface area contributed by atoms with Crippen molar-refractivity contribution in [1.82, 2.24) is 0 Å². The van der Waals surface area contributed by atoms with Crippen molar-refractivity contribution in [3.05, 3.63) is 0 Å². The van der Waals surface area contributed by atoms with Crippen molar-refractivity contribution >= 4 is 161 Å². The Balaban J connectivity index is -0.00000000163. The summed E-state index contributed by atoms with van der Waals surface area (Å²) in [6.45, 7) is 0. The van der Waals surface area contributed by atoms with Gasteiger partial charge in [0.25, 0.3) is 0 Å². The Kier molecular flexibility index (Phi) is 845. The first kappa shape index (κ1) is 142. The fraction of sp³-hybridized carbons (Fsp3) is 0. The molecule has 0 aromatic rings. The van der Waals surface area contributed by atoms with Crippen LogP contribution in [0.5, 0.6) is 0 Å². The van der Waals surface area contributed by atoms with E-state index in [0.29, 0.717) is 0 Å². The van der Waals surface area contributed by atoms with Gasteiger partial charge in [0, 0.05) is 0 Å². The molecule has 0 saturated heterocycles. The largest absolute Gasteiger partial charge is 2.00 e. The average Bonchev–Trinajstić information content (AvgIpc) is 1.25. The second-order valence-corrected chi connectivity index (χ2v) is 0.577. The fourth-order valence-electron chi connectivity index (χ4n) is 0. The van der Waals surface area contributed by atoms with Crippen LogP contribution < -0.4 is 30.1 Å². The molecule has 0 aliphatic rings. The summed E-state index contributed by atoms with van der Waals surface area (Å²) in [7, 11) is -5.83. The van der Waals surface area contributed by atoms with E-state index < -0.39 is 14.6 Å². The summed E-state index contributed by atoms with van der Waals surface area (Å²) >= 11 is 0. The molecule has 0 saturated carbocycles. The van der Waals surface area contributed by atoms with Crippen LogP contribution in [-0.4, -0.2) is 216 Å². The number of hydrogen-bond acceptors (Lipinski definition) is 6. The van der Waals surface area contributed by atoms with Gasteiger partial charge in [0.2, 0.25) is 0 Å². The summed E-state index contributed by atoms with van der Waals surface area (Å²) in [5, 5.41) is 50.5. The van der Waals surface area contributed by atoms with Crippen molar-refractivity contribution in [3.8, 4) is 0 Å². The first-order chi connectivity index (χ1) is 3.46. The van der Waals surface area contributed by atoms with Crippen molar-refractivity contribution < 1.29 is 84.9 Å². The molecule has 0 bridgehead atoms. The van der Waals surface area contributed by atoms with Crippen LogP contribution in [0.25, 0.3) is 0 Å². The Morgan fingerprint density at radius 1 is 0.286 bits per heavy atom. The molecule has 0 radical (unpaired) electrons. The molecular weight excluding hydrogens is 690 g/mol. The van der Waals surface area contributed by atoms with E-state index in [4.69, 9.17) is 30.1 Å². The second-order valence-electron chi connectivity index (χ2n) is 0.577. The van der Waals surface area contributed by atoms with Gasteiger partial charge in [-0.15, -0.1) is 0 Å². The van der Waals surface area contributed by atoms with Crippen molar-refractivity contribution in [2.75, 3.05) is 0 Å². The molecular formula is H20B2Ba3O16. The van der Waals surface area contributed by atoms with Crippen LogP contribution in [-0.2, 0) is 0 Å². The molecule has 128 valence electrons. The monoisotopic (exact) mass is 712 g/mol. The maximum atomic E-state index is 8.42. The van der Waals surface area contributed by atoms with Crippen molar-refractivity contribution in [3.63, 3.8) is 0 Å². The first-order valence-corrected chi connectivity index (χ1v) is 1.41. The molecule has 21 heteroatoms. The molecule has 0 aliphatic heterocycles. The van der Waals surface area contributed by atoms with E-state index in [9.17, 15) is 0 Å². The van der Waals surface area contributed by atoms with Crippen molar-refractivity contribution in [2.24, 2.45) is 0 Å². The van der Waals surface area contributed by atoms with Gasteiger partial charge in [0.1, 0.15) is 0 Å². The maximum Gasteiger partial charge on any atom is 2.00 e. The summed E-state index contributed by atoms with van der Waals surface area (Å²) in [4.78, 5) is 0. The predicted molar refractivity (Wildman–Crippen MR) is 64.9 cm³/mol. The van der Waals surface area contributed by atoms with Gasteiger partial charge in [0.15, 0.2) is 0 Å². The number of hydrogen-bond donors (Lipinski definition) is 0. The van der Waals surface area contributed by atoms with Gasteiger partial charge in [0.05, 0.1) is 0 Å². The van der Waals surface area contributed by atoms with Crippen LogP contribution in [0.2, 0.25) is 0 Å². The minimum atomic E-state index is -2.92. The zero-order chi connectivity index (χ0) is 7.15.